The van der Waals surface area contributed by atoms with Crippen molar-refractivity contribution in [3.63, 3.8) is 0 Å². The van der Waals surface area contributed by atoms with E-state index in [2.05, 4.69) is 6.58 Å². The predicted molar refractivity (Wildman–Crippen MR) is 92.1 cm³/mol. The van der Waals surface area contributed by atoms with Crippen molar-refractivity contribution in [2.75, 3.05) is 0 Å². The highest BCUT2D eigenvalue weighted by molar-refractivity contribution is 6.33. The largest absolute Gasteiger partial charge is 0.456 e. The average Bonchev–Trinajstić information content (AvgIpc) is 2.46. The van der Waals surface area contributed by atoms with Gasteiger partial charge >= 0.3 is 5.97 Å². The minimum atomic E-state index is -0.503. The molecule has 114 valence electrons. The normalized spacial score (nSPS) is 11.1. The summed E-state index contributed by atoms with van der Waals surface area (Å²) in [6, 6.07) is 13.0. The fourth-order valence-corrected chi connectivity index (χ4v) is 2.24. The van der Waals surface area contributed by atoms with E-state index in [1.165, 1.54) is 0 Å². The Bertz CT molecular complexity index is 694. The maximum absolute atomic E-state index is 12.0. The van der Waals surface area contributed by atoms with E-state index < -0.39 is 5.60 Å². The summed E-state index contributed by atoms with van der Waals surface area (Å²) in [7, 11) is 0. The SMILES string of the molecule is C=Cc1ccc(Cl)c(-c2ccc(C(=O)OC(C)(C)C)cc2)c1. The molecule has 2 aromatic rings. The number of halogens is 1. The Morgan fingerprint density at radius 3 is 2.32 bits per heavy atom. The van der Waals surface area contributed by atoms with Crippen LogP contribution in [-0.4, -0.2) is 11.6 Å². The van der Waals surface area contributed by atoms with Gasteiger partial charge in [-0.1, -0.05) is 42.5 Å². The zero-order chi connectivity index (χ0) is 16.3. The van der Waals surface area contributed by atoms with Crippen LogP contribution in [0.25, 0.3) is 17.2 Å². The number of carbonyl (C=O) groups excluding carboxylic acids is 1. The molecule has 0 aliphatic rings. The number of rotatable bonds is 3. The zero-order valence-electron chi connectivity index (χ0n) is 13.0. The molecule has 0 unspecified atom stereocenters. The van der Waals surface area contributed by atoms with Crippen LogP contribution in [0.2, 0.25) is 5.02 Å². The van der Waals surface area contributed by atoms with Gasteiger partial charge in [0, 0.05) is 10.6 Å². The van der Waals surface area contributed by atoms with E-state index in [4.69, 9.17) is 16.3 Å². The van der Waals surface area contributed by atoms with Crippen molar-refractivity contribution in [3.8, 4) is 11.1 Å². The monoisotopic (exact) mass is 314 g/mol. The summed E-state index contributed by atoms with van der Waals surface area (Å²) in [5, 5.41) is 0.663. The molecule has 0 saturated heterocycles. The van der Waals surface area contributed by atoms with E-state index in [0.717, 1.165) is 16.7 Å². The highest BCUT2D eigenvalue weighted by Gasteiger charge is 2.17. The Morgan fingerprint density at radius 1 is 1.14 bits per heavy atom. The molecule has 0 amide bonds. The molecule has 22 heavy (non-hydrogen) atoms. The Hall–Kier alpha value is -2.06. The van der Waals surface area contributed by atoms with Crippen LogP contribution in [0, 0.1) is 0 Å². The quantitative estimate of drug-likeness (QED) is 0.689. The van der Waals surface area contributed by atoms with Crippen LogP contribution in [0.1, 0.15) is 36.7 Å². The van der Waals surface area contributed by atoms with Crippen molar-refractivity contribution in [1.29, 1.82) is 0 Å². The van der Waals surface area contributed by atoms with Crippen LogP contribution in [0.5, 0.6) is 0 Å². The van der Waals surface area contributed by atoms with E-state index in [1.807, 2.05) is 51.1 Å². The highest BCUT2D eigenvalue weighted by atomic mass is 35.5. The summed E-state index contributed by atoms with van der Waals surface area (Å²) in [5.74, 6) is -0.329. The van der Waals surface area contributed by atoms with Crippen molar-refractivity contribution >= 4 is 23.6 Å². The molecule has 0 N–H and O–H groups in total. The van der Waals surface area contributed by atoms with E-state index in [9.17, 15) is 4.79 Å². The van der Waals surface area contributed by atoms with Crippen molar-refractivity contribution in [1.82, 2.24) is 0 Å². The van der Waals surface area contributed by atoms with Crippen molar-refractivity contribution in [3.05, 3.63) is 65.2 Å². The second kappa shape index (κ2) is 6.37. The maximum atomic E-state index is 12.0. The van der Waals surface area contributed by atoms with Gasteiger partial charge in [-0.2, -0.15) is 0 Å². The van der Waals surface area contributed by atoms with E-state index >= 15 is 0 Å². The van der Waals surface area contributed by atoms with E-state index in [0.29, 0.717) is 10.6 Å². The summed E-state index contributed by atoms with van der Waals surface area (Å²) in [6.45, 7) is 9.30. The Balaban J connectivity index is 2.29. The summed E-state index contributed by atoms with van der Waals surface area (Å²) in [5.41, 5.74) is 2.87. The summed E-state index contributed by atoms with van der Waals surface area (Å²) in [6.07, 6.45) is 1.77. The van der Waals surface area contributed by atoms with Gasteiger partial charge in [-0.25, -0.2) is 4.79 Å². The molecule has 2 aromatic carbocycles. The smallest absolute Gasteiger partial charge is 0.338 e. The summed E-state index contributed by atoms with van der Waals surface area (Å²) < 4.78 is 5.35. The lowest BCUT2D eigenvalue weighted by atomic mass is 10.0. The number of benzene rings is 2. The zero-order valence-corrected chi connectivity index (χ0v) is 13.8. The first-order chi connectivity index (χ1) is 10.3. The first-order valence-corrected chi connectivity index (χ1v) is 7.44. The van der Waals surface area contributed by atoms with Gasteiger partial charge < -0.3 is 4.74 Å². The summed E-state index contributed by atoms with van der Waals surface area (Å²) >= 11 is 6.25. The number of hydrogen-bond acceptors (Lipinski definition) is 2. The predicted octanol–water partition coefficient (Wildman–Crippen LogP) is 5.61. The first kappa shape index (κ1) is 16.3. The molecule has 3 heteroatoms. The molecule has 0 radical (unpaired) electrons. The van der Waals surface area contributed by atoms with Crippen molar-refractivity contribution in [2.45, 2.75) is 26.4 Å². The summed E-state index contributed by atoms with van der Waals surface area (Å²) in [4.78, 5) is 12.0. The lowest BCUT2D eigenvalue weighted by Gasteiger charge is -2.19. The Kier molecular flexibility index (Phi) is 4.72. The third kappa shape index (κ3) is 3.99. The van der Waals surface area contributed by atoms with Crippen LogP contribution in [0.15, 0.2) is 49.0 Å². The highest BCUT2D eigenvalue weighted by Crippen LogP contribution is 2.29. The van der Waals surface area contributed by atoms with Gasteiger partial charge in [-0.15, -0.1) is 0 Å². The minimum Gasteiger partial charge on any atom is -0.456 e. The lowest BCUT2D eigenvalue weighted by molar-refractivity contribution is 0.00696. The van der Waals surface area contributed by atoms with Gasteiger partial charge in [-0.3, -0.25) is 0 Å². The van der Waals surface area contributed by atoms with Crippen LogP contribution >= 0.6 is 11.6 Å². The van der Waals surface area contributed by atoms with Crippen molar-refractivity contribution in [2.24, 2.45) is 0 Å². The number of esters is 1. The molecule has 0 atom stereocenters. The second-order valence-corrected chi connectivity index (χ2v) is 6.43. The molecule has 2 nitrogen and oxygen atoms in total. The first-order valence-electron chi connectivity index (χ1n) is 7.06. The van der Waals surface area contributed by atoms with Gasteiger partial charge in [0.25, 0.3) is 0 Å². The molecule has 0 aliphatic carbocycles. The third-order valence-electron chi connectivity index (χ3n) is 3.06. The fourth-order valence-electron chi connectivity index (χ4n) is 2.01. The molecular weight excluding hydrogens is 296 g/mol. The van der Waals surface area contributed by atoms with E-state index in [-0.39, 0.29) is 5.97 Å². The standard InChI is InChI=1S/C19H19ClO2/c1-5-13-6-11-17(20)16(12-13)14-7-9-15(10-8-14)18(21)22-19(2,3)4/h5-12H,1H2,2-4H3. The van der Waals surface area contributed by atoms with Crippen LogP contribution < -0.4 is 0 Å². The molecule has 0 aromatic heterocycles. The van der Waals surface area contributed by atoms with Gasteiger partial charge in [0.1, 0.15) is 5.60 Å². The fraction of sp³-hybridized carbons (Fsp3) is 0.211. The van der Waals surface area contributed by atoms with Gasteiger partial charge in [-0.05, 0) is 56.2 Å². The van der Waals surface area contributed by atoms with Crippen molar-refractivity contribution < 1.29 is 9.53 Å². The topological polar surface area (TPSA) is 26.3 Å². The average molecular weight is 315 g/mol. The van der Waals surface area contributed by atoms with Crippen LogP contribution in [-0.2, 0) is 4.74 Å². The van der Waals surface area contributed by atoms with Crippen LogP contribution in [0.4, 0.5) is 0 Å². The molecular formula is C19H19ClO2. The molecule has 2 rings (SSSR count). The molecule has 0 saturated carbocycles. The third-order valence-corrected chi connectivity index (χ3v) is 3.39. The maximum Gasteiger partial charge on any atom is 0.338 e. The van der Waals surface area contributed by atoms with Crippen LogP contribution in [0.3, 0.4) is 0 Å². The minimum absolute atomic E-state index is 0.329. The number of hydrogen-bond donors (Lipinski definition) is 0. The number of carbonyl (C=O) groups is 1. The molecule has 0 fully saturated rings. The molecule has 0 aliphatic heterocycles. The van der Waals surface area contributed by atoms with Gasteiger partial charge in [0.15, 0.2) is 0 Å². The number of ether oxygens (including phenoxy) is 1. The molecule has 0 bridgehead atoms. The lowest BCUT2D eigenvalue weighted by Crippen LogP contribution is -2.23. The van der Waals surface area contributed by atoms with Gasteiger partial charge in [0.05, 0.1) is 5.56 Å². The molecule has 0 heterocycles. The second-order valence-electron chi connectivity index (χ2n) is 6.02. The van der Waals surface area contributed by atoms with E-state index in [1.54, 1.807) is 18.2 Å². The Morgan fingerprint density at radius 2 is 1.77 bits per heavy atom. The van der Waals surface area contributed by atoms with Gasteiger partial charge in [0.2, 0.25) is 0 Å². The Labute approximate surface area is 136 Å². The molecule has 0 spiro atoms.